The van der Waals surface area contributed by atoms with Gasteiger partial charge in [0.1, 0.15) is 0 Å². The van der Waals surface area contributed by atoms with Gasteiger partial charge in [-0.25, -0.2) is 0 Å². The molecule has 0 aliphatic rings. The summed E-state index contributed by atoms with van der Waals surface area (Å²) in [6.45, 7) is 7.88. The molecule has 0 heterocycles. The molecule has 0 radical (unpaired) electrons. The van der Waals surface area contributed by atoms with Crippen LogP contribution in [-0.4, -0.2) is 16.8 Å². The largest absolute Gasteiger partial charge is 0.363 e. The van der Waals surface area contributed by atoms with Crippen LogP contribution in [0.4, 0.5) is 0 Å². The summed E-state index contributed by atoms with van der Waals surface area (Å²) in [5.41, 5.74) is 0.951. The molecule has 60 valence electrons. The molecule has 2 N–H and O–H groups in total. The Morgan fingerprint density at radius 1 is 1.80 bits per heavy atom. The highest BCUT2D eigenvalue weighted by Gasteiger charge is 2.18. The normalized spacial score (nSPS) is 16.4. The van der Waals surface area contributed by atoms with Crippen molar-refractivity contribution in [3.05, 3.63) is 12.2 Å². The van der Waals surface area contributed by atoms with E-state index in [0.29, 0.717) is 13.0 Å². The van der Waals surface area contributed by atoms with E-state index >= 15 is 0 Å². The molecule has 1 unspecified atom stereocenters. The highest BCUT2D eigenvalue weighted by molar-refractivity contribution is 6.22. The van der Waals surface area contributed by atoms with Gasteiger partial charge in [0.15, 0.2) is 5.18 Å². The Bertz CT molecular complexity index is 123. The number of hydrogen-bond acceptors (Lipinski definition) is 2. The van der Waals surface area contributed by atoms with Crippen molar-refractivity contribution in [2.24, 2.45) is 0 Å². The first-order valence-corrected chi connectivity index (χ1v) is 3.66. The Hall–Kier alpha value is -0.0500. The maximum atomic E-state index is 9.19. The number of aliphatic hydroxyl groups is 1. The summed E-state index contributed by atoms with van der Waals surface area (Å²) in [4.78, 5) is 0. The molecule has 1 atom stereocenters. The van der Waals surface area contributed by atoms with Gasteiger partial charge in [-0.2, -0.15) is 0 Å². The molecule has 0 aromatic heterocycles. The average Bonchev–Trinajstić information content (AvgIpc) is 1.85. The topological polar surface area (TPSA) is 32.3 Å². The van der Waals surface area contributed by atoms with Crippen LogP contribution in [0.3, 0.4) is 0 Å². The van der Waals surface area contributed by atoms with Crippen molar-refractivity contribution < 1.29 is 5.11 Å². The number of alkyl halides is 1. The van der Waals surface area contributed by atoms with Crippen molar-refractivity contribution in [1.82, 2.24) is 5.32 Å². The predicted octanol–water partition coefficient (Wildman–Crippen LogP) is 1.45. The Morgan fingerprint density at radius 3 is 2.60 bits per heavy atom. The monoisotopic (exact) mass is 163 g/mol. The Labute approximate surface area is 66.9 Å². The molecule has 0 aliphatic carbocycles. The van der Waals surface area contributed by atoms with E-state index in [4.69, 9.17) is 11.6 Å². The van der Waals surface area contributed by atoms with E-state index < -0.39 is 5.18 Å². The minimum absolute atomic E-state index is 0.474. The fourth-order valence-electron chi connectivity index (χ4n) is 0.411. The van der Waals surface area contributed by atoms with Crippen molar-refractivity contribution >= 4 is 11.6 Å². The van der Waals surface area contributed by atoms with Crippen molar-refractivity contribution in [2.45, 2.75) is 25.5 Å². The van der Waals surface area contributed by atoms with Gasteiger partial charge in [-0.3, -0.25) is 5.32 Å². The van der Waals surface area contributed by atoms with E-state index in [1.54, 1.807) is 6.92 Å². The second-order valence-electron chi connectivity index (χ2n) is 2.42. The van der Waals surface area contributed by atoms with Crippen LogP contribution >= 0.6 is 11.6 Å². The van der Waals surface area contributed by atoms with Gasteiger partial charge in [0.25, 0.3) is 0 Å². The zero-order chi connectivity index (χ0) is 8.20. The third kappa shape index (κ3) is 4.79. The van der Waals surface area contributed by atoms with Crippen LogP contribution in [0.25, 0.3) is 0 Å². The lowest BCUT2D eigenvalue weighted by atomic mass is 10.3. The van der Waals surface area contributed by atoms with Crippen molar-refractivity contribution in [2.75, 3.05) is 6.54 Å². The first-order valence-electron chi connectivity index (χ1n) is 3.28. The molecule has 0 saturated heterocycles. The van der Waals surface area contributed by atoms with Crippen LogP contribution in [0.2, 0.25) is 0 Å². The van der Waals surface area contributed by atoms with Gasteiger partial charge in [0, 0.05) is 13.0 Å². The summed E-state index contributed by atoms with van der Waals surface area (Å²) < 4.78 is 0. The maximum absolute atomic E-state index is 9.19. The van der Waals surface area contributed by atoms with Gasteiger partial charge in [-0.05, 0) is 6.92 Å². The first-order chi connectivity index (χ1) is 4.48. The smallest absolute Gasteiger partial charge is 0.193 e. The molecule has 0 rings (SSSR count). The minimum atomic E-state index is -1.26. The number of nitrogens with one attached hydrogen (secondary N) is 1. The van der Waals surface area contributed by atoms with Gasteiger partial charge in [-0.15, -0.1) is 0 Å². The van der Waals surface area contributed by atoms with Gasteiger partial charge in [0.05, 0.1) is 0 Å². The molecular weight excluding hydrogens is 150 g/mol. The lowest BCUT2D eigenvalue weighted by Gasteiger charge is -2.19. The highest BCUT2D eigenvalue weighted by atomic mass is 35.5. The van der Waals surface area contributed by atoms with Crippen LogP contribution in [-0.2, 0) is 0 Å². The molecule has 0 aromatic carbocycles. The summed E-state index contributed by atoms with van der Waals surface area (Å²) >= 11 is 5.57. The summed E-state index contributed by atoms with van der Waals surface area (Å²) in [5, 5.41) is 10.6. The number of rotatable bonds is 4. The third-order valence-electron chi connectivity index (χ3n) is 1.13. The summed E-state index contributed by atoms with van der Waals surface area (Å²) in [7, 11) is 0. The van der Waals surface area contributed by atoms with Gasteiger partial charge < -0.3 is 5.11 Å². The van der Waals surface area contributed by atoms with Gasteiger partial charge in [-0.1, -0.05) is 30.7 Å². The van der Waals surface area contributed by atoms with E-state index in [2.05, 4.69) is 11.9 Å². The molecule has 0 saturated carbocycles. The summed E-state index contributed by atoms with van der Waals surface area (Å²) in [6, 6.07) is 0. The molecule has 0 aliphatic heterocycles. The van der Waals surface area contributed by atoms with E-state index in [9.17, 15) is 5.11 Å². The van der Waals surface area contributed by atoms with Crippen LogP contribution in [0, 0.1) is 0 Å². The predicted molar refractivity (Wildman–Crippen MR) is 43.9 cm³/mol. The number of halogens is 1. The van der Waals surface area contributed by atoms with Crippen LogP contribution < -0.4 is 5.32 Å². The summed E-state index contributed by atoms with van der Waals surface area (Å²) in [6.07, 6.45) is 0.474. The molecule has 0 amide bonds. The Kier molecular flexibility index (Phi) is 3.94. The molecule has 0 aromatic rings. The second-order valence-corrected chi connectivity index (χ2v) is 3.05. The molecule has 0 fully saturated rings. The van der Waals surface area contributed by atoms with Crippen molar-refractivity contribution in [1.29, 1.82) is 0 Å². The lowest BCUT2D eigenvalue weighted by molar-refractivity contribution is 0.0906. The molecule has 3 heteroatoms. The van der Waals surface area contributed by atoms with E-state index in [1.807, 2.05) is 6.92 Å². The van der Waals surface area contributed by atoms with E-state index in [1.165, 1.54) is 0 Å². The van der Waals surface area contributed by atoms with E-state index in [0.717, 1.165) is 5.57 Å². The zero-order valence-electron chi connectivity index (χ0n) is 6.45. The Morgan fingerprint density at radius 2 is 2.30 bits per heavy atom. The quantitative estimate of drug-likeness (QED) is 0.285. The SMILES string of the molecule is C=C(C)CNC(O)(Cl)CC. The van der Waals surface area contributed by atoms with Crippen LogP contribution in [0.15, 0.2) is 12.2 Å². The molecule has 0 bridgehead atoms. The first kappa shape index (κ1) is 9.95. The average molecular weight is 164 g/mol. The molecular formula is C7H14ClNO. The minimum Gasteiger partial charge on any atom is -0.363 e. The lowest BCUT2D eigenvalue weighted by Crippen LogP contribution is -2.39. The third-order valence-corrected chi connectivity index (χ3v) is 1.53. The van der Waals surface area contributed by atoms with Crippen molar-refractivity contribution in [3.63, 3.8) is 0 Å². The highest BCUT2D eigenvalue weighted by Crippen LogP contribution is 2.10. The second kappa shape index (κ2) is 3.96. The van der Waals surface area contributed by atoms with E-state index in [-0.39, 0.29) is 0 Å². The Balaban J connectivity index is 3.56. The van der Waals surface area contributed by atoms with Gasteiger partial charge >= 0.3 is 0 Å². The maximum Gasteiger partial charge on any atom is 0.193 e. The van der Waals surface area contributed by atoms with Crippen LogP contribution in [0.1, 0.15) is 20.3 Å². The number of hydrogen-bond donors (Lipinski definition) is 2. The fraction of sp³-hybridized carbons (Fsp3) is 0.714. The standard InChI is InChI=1S/C7H14ClNO/c1-4-7(8,10)9-5-6(2)3/h9-10H,2,4-5H2,1,3H3. The van der Waals surface area contributed by atoms with Gasteiger partial charge in [0.2, 0.25) is 0 Å². The van der Waals surface area contributed by atoms with Crippen molar-refractivity contribution in [3.8, 4) is 0 Å². The zero-order valence-corrected chi connectivity index (χ0v) is 7.20. The summed E-state index contributed by atoms with van der Waals surface area (Å²) in [5.74, 6) is 0. The fourth-order valence-corrected chi connectivity index (χ4v) is 0.478. The van der Waals surface area contributed by atoms with Crippen LogP contribution in [0.5, 0.6) is 0 Å². The molecule has 0 spiro atoms. The molecule has 2 nitrogen and oxygen atoms in total. The molecule has 10 heavy (non-hydrogen) atoms.